The summed E-state index contributed by atoms with van der Waals surface area (Å²) < 4.78 is 7.65. The van der Waals surface area contributed by atoms with Crippen LogP contribution in [0.1, 0.15) is 39.7 Å². The molecule has 0 fully saturated rings. The zero-order valence-electron chi connectivity index (χ0n) is 16.1. The number of carbonyl (C=O) groups is 1. The number of amides is 1. The number of halogens is 2. The summed E-state index contributed by atoms with van der Waals surface area (Å²) in [6.45, 7) is 8.72. The van der Waals surface area contributed by atoms with Crippen LogP contribution in [0.3, 0.4) is 0 Å². The van der Waals surface area contributed by atoms with Crippen LogP contribution in [0, 0.1) is 5.92 Å². The molecule has 0 atom stereocenters. The molecule has 2 aromatic rings. The van der Waals surface area contributed by atoms with Gasteiger partial charge < -0.3 is 15.4 Å². The largest absolute Gasteiger partial charge is 0.489 e. The highest BCUT2D eigenvalue weighted by molar-refractivity contribution is 9.11. The van der Waals surface area contributed by atoms with E-state index in [1.54, 1.807) is 0 Å². The van der Waals surface area contributed by atoms with Gasteiger partial charge in [-0.2, -0.15) is 0 Å². The van der Waals surface area contributed by atoms with Crippen molar-refractivity contribution >= 4 is 49.1 Å². The van der Waals surface area contributed by atoms with E-state index in [4.69, 9.17) is 4.74 Å². The van der Waals surface area contributed by atoms with Crippen LogP contribution in [0.4, 0.5) is 11.4 Å². The normalized spacial score (nSPS) is 11.0. The zero-order chi connectivity index (χ0) is 20.0. The summed E-state index contributed by atoms with van der Waals surface area (Å²) in [5, 5.41) is 6.34. The molecule has 2 N–H and O–H groups in total. The van der Waals surface area contributed by atoms with Crippen molar-refractivity contribution < 1.29 is 9.53 Å². The zero-order valence-corrected chi connectivity index (χ0v) is 19.3. The van der Waals surface area contributed by atoms with E-state index in [-0.39, 0.29) is 12.0 Å². The third kappa shape index (κ3) is 7.18. The van der Waals surface area contributed by atoms with Crippen molar-refractivity contribution in [3.05, 3.63) is 50.9 Å². The molecule has 0 saturated carbocycles. The van der Waals surface area contributed by atoms with Gasteiger partial charge in [0.15, 0.2) is 0 Å². The van der Waals surface area contributed by atoms with E-state index >= 15 is 0 Å². The van der Waals surface area contributed by atoms with E-state index in [0.717, 1.165) is 31.6 Å². The maximum Gasteiger partial charge on any atom is 0.224 e. The number of rotatable bonds is 8. The SMILES string of the molecule is CC(C)CC(=O)Nc1cccc(NCc2cc(Br)c(OC(C)C)c(Br)c2)c1. The first-order valence-electron chi connectivity index (χ1n) is 9.03. The quantitative estimate of drug-likeness (QED) is 0.432. The molecule has 0 aromatic heterocycles. The number of hydrogen-bond donors (Lipinski definition) is 2. The van der Waals surface area contributed by atoms with Crippen LogP contribution in [0.15, 0.2) is 45.3 Å². The van der Waals surface area contributed by atoms with Crippen molar-refractivity contribution in [2.45, 2.75) is 46.8 Å². The van der Waals surface area contributed by atoms with E-state index in [0.29, 0.717) is 18.9 Å². The van der Waals surface area contributed by atoms with Gasteiger partial charge in [-0.1, -0.05) is 19.9 Å². The van der Waals surface area contributed by atoms with Crippen LogP contribution in [-0.4, -0.2) is 12.0 Å². The maximum absolute atomic E-state index is 11.9. The van der Waals surface area contributed by atoms with Crippen molar-refractivity contribution in [1.29, 1.82) is 0 Å². The van der Waals surface area contributed by atoms with Crippen molar-refractivity contribution in [3.63, 3.8) is 0 Å². The molecule has 0 aliphatic carbocycles. The van der Waals surface area contributed by atoms with Gasteiger partial charge in [0.05, 0.1) is 15.0 Å². The average Bonchev–Trinajstić information content (AvgIpc) is 2.55. The first-order valence-corrected chi connectivity index (χ1v) is 10.6. The van der Waals surface area contributed by atoms with Gasteiger partial charge in [0.1, 0.15) is 5.75 Å². The molecule has 2 rings (SSSR count). The Morgan fingerprint density at radius 3 is 2.26 bits per heavy atom. The van der Waals surface area contributed by atoms with E-state index in [9.17, 15) is 4.79 Å². The van der Waals surface area contributed by atoms with Crippen molar-refractivity contribution in [2.24, 2.45) is 5.92 Å². The summed E-state index contributed by atoms with van der Waals surface area (Å²) in [7, 11) is 0. The molecule has 6 heteroatoms. The molecule has 1 amide bonds. The molecule has 27 heavy (non-hydrogen) atoms. The van der Waals surface area contributed by atoms with Gasteiger partial charge in [-0.05, 0) is 87.5 Å². The van der Waals surface area contributed by atoms with Gasteiger partial charge in [0.2, 0.25) is 5.91 Å². The minimum absolute atomic E-state index is 0.0377. The summed E-state index contributed by atoms with van der Waals surface area (Å²) in [6, 6.07) is 11.8. The lowest BCUT2D eigenvalue weighted by atomic mass is 10.1. The van der Waals surface area contributed by atoms with Crippen LogP contribution in [0.2, 0.25) is 0 Å². The third-order valence-corrected chi connectivity index (χ3v) is 4.83. The number of nitrogens with one attached hydrogen (secondary N) is 2. The fraction of sp³-hybridized carbons (Fsp3) is 0.381. The minimum Gasteiger partial charge on any atom is -0.489 e. The predicted octanol–water partition coefficient (Wildman–Crippen LogP) is 6.60. The molecular weight excluding hydrogens is 472 g/mol. The lowest BCUT2D eigenvalue weighted by Crippen LogP contribution is -2.13. The molecule has 0 heterocycles. The van der Waals surface area contributed by atoms with Crippen molar-refractivity contribution in [3.8, 4) is 5.75 Å². The van der Waals surface area contributed by atoms with Crippen LogP contribution in [0.5, 0.6) is 5.75 Å². The van der Waals surface area contributed by atoms with Crippen LogP contribution >= 0.6 is 31.9 Å². The van der Waals surface area contributed by atoms with E-state index in [1.165, 1.54) is 0 Å². The average molecular weight is 498 g/mol. The van der Waals surface area contributed by atoms with Gasteiger partial charge in [-0.15, -0.1) is 0 Å². The second kappa shape index (κ2) is 10.1. The Balaban J connectivity index is 2.02. The second-order valence-corrected chi connectivity index (χ2v) is 8.84. The molecule has 146 valence electrons. The molecule has 0 saturated heterocycles. The van der Waals surface area contributed by atoms with Gasteiger partial charge in [0, 0.05) is 24.3 Å². The third-order valence-electron chi connectivity index (χ3n) is 3.65. The Hall–Kier alpha value is -1.53. The molecule has 0 spiro atoms. The van der Waals surface area contributed by atoms with Crippen molar-refractivity contribution in [2.75, 3.05) is 10.6 Å². The molecule has 0 aliphatic heterocycles. The molecule has 0 unspecified atom stereocenters. The number of benzene rings is 2. The van der Waals surface area contributed by atoms with Gasteiger partial charge >= 0.3 is 0 Å². The molecular formula is C21H26Br2N2O2. The van der Waals surface area contributed by atoms with Crippen LogP contribution in [0.25, 0.3) is 0 Å². The minimum atomic E-state index is 0.0377. The molecule has 0 radical (unpaired) electrons. The lowest BCUT2D eigenvalue weighted by Gasteiger charge is -2.15. The molecule has 0 aliphatic rings. The Kier molecular flexibility index (Phi) is 8.17. The van der Waals surface area contributed by atoms with Gasteiger partial charge in [-0.25, -0.2) is 0 Å². The first-order chi connectivity index (χ1) is 12.7. The van der Waals surface area contributed by atoms with Gasteiger partial charge in [-0.3, -0.25) is 4.79 Å². The van der Waals surface area contributed by atoms with Gasteiger partial charge in [0.25, 0.3) is 0 Å². The summed E-state index contributed by atoms with van der Waals surface area (Å²) in [6.07, 6.45) is 0.625. The summed E-state index contributed by atoms with van der Waals surface area (Å²) in [4.78, 5) is 11.9. The Bertz CT molecular complexity index is 768. The monoisotopic (exact) mass is 496 g/mol. The second-order valence-electron chi connectivity index (χ2n) is 7.14. The number of anilines is 2. The topological polar surface area (TPSA) is 50.4 Å². The number of ether oxygens (including phenoxy) is 1. The molecule has 2 aromatic carbocycles. The Morgan fingerprint density at radius 1 is 1.04 bits per heavy atom. The van der Waals surface area contributed by atoms with E-state index in [1.807, 2.05) is 64.1 Å². The highest BCUT2D eigenvalue weighted by Gasteiger charge is 2.11. The molecule has 4 nitrogen and oxygen atoms in total. The highest BCUT2D eigenvalue weighted by atomic mass is 79.9. The van der Waals surface area contributed by atoms with E-state index in [2.05, 4.69) is 42.5 Å². The fourth-order valence-electron chi connectivity index (χ4n) is 2.56. The summed E-state index contributed by atoms with van der Waals surface area (Å²) in [5.41, 5.74) is 2.86. The fourth-order valence-corrected chi connectivity index (χ4v) is 4.02. The Labute approximate surface area is 178 Å². The smallest absolute Gasteiger partial charge is 0.224 e. The van der Waals surface area contributed by atoms with Crippen molar-refractivity contribution in [1.82, 2.24) is 0 Å². The Morgan fingerprint density at radius 2 is 1.67 bits per heavy atom. The standard InChI is InChI=1S/C21H26Br2N2O2/c1-13(2)8-20(26)25-17-7-5-6-16(11-17)24-12-15-9-18(22)21(19(23)10-15)27-14(3)4/h5-7,9-11,13-14,24H,8,12H2,1-4H3,(H,25,26). The van der Waals surface area contributed by atoms with E-state index < -0.39 is 0 Å². The van der Waals surface area contributed by atoms with Crippen LogP contribution in [-0.2, 0) is 11.3 Å². The summed E-state index contributed by atoms with van der Waals surface area (Å²) in [5.74, 6) is 1.19. The highest BCUT2D eigenvalue weighted by Crippen LogP contribution is 2.35. The summed E-state index contributed by atoms with van der Waals surface area (Å²) >= 11 is 7.16. The number of carbonyl (C=O) groups excluding carboxylic acids is 1. The maximum atomic E-state index is 11.9. The molecule has 0 bridgehead atoms. The lowest BCUT2D eigenvalue weighted by molar-refractivity contribution is -0.116. The number of hydrogen-bond acceptors (Lipinski definition) is 3. The first kappa shape index (κ1) is 21.8. The van der Waals surface area contributed by atoms with Crippen LogP contribution < -0.4 is 15.4 Å². The predicted molar refractivity (Wildman–Crippen MR) is 119 cm³/mol.